The number of anilines is 2. The van der Waals surface area contributed by atoms with Gasteiger partial charge in [0.25, 0.3) is 0 Å². The van der Waals surface area contributed by atoms with Crippen LogP contribution < -0.4 is 25.0 Å². The molecule has 2 amide bonds. The smallest absolute Gasteiger partial charge is 0.320 e. The van der Waals surface area contributed by atoms with Gasteiger partial charge in [0.1, 0.15) is 18.0 Å². The van der Waals surface area contributed by atoms with Gasteiger partial charge in [-0.05, 0) is 36.5 Å². The van der Waals surface area contributed by atoms with Crippen molar-refractivity contribution in [2.24, 2.45) is 5.92 Å². The van der Waals surface area contributed by atoms with Crippen molar-refractivity contribution in [2.75, 3.05) is 37.5 Å². The van der Waals surface area contributed by atoms with Crippen molar-refractivity contribution in [1.82, 2.24) is 15.3 Å². The van der Waals surface area contributed by atoms with E-state index in [9.17, 15) is 4.79 Å². The third kappa shape index (κ3) is 5.03. The van der Waals surface area contributed by atoms with Crippen LogP contribution in [0.25, 0.3) is 0 Å². The summed E-state index contributed by atoms with van der Waals surface area (Å²) in [5.41, 5.74) is 0.901. The number of hydrogen-bond donors (Lipinski definition) is 2. The Morgan fingerprint density at radius 1 is 1.14 bits per heavy atom. The maximum absolute atomic E-state index is 12.2. The third-order valence-corrected chi connectivity index (χ3v) is 4.90. The Kier molecular flexibility index (Phi) is 6.52. The molecule has 0 bridgehead atoms. The number of aromatic nitrogens is 2. The van der Waals surface area contributed by atoms with Crippen molar-refractivity contribution in [2.45, 2.75) is 26.3 Å². The van der Waals surface area contributed by atoms with Gasteiger partial charge in [-0.2, -0.15) is 0 Å². The van der Waals surface area contributed by atoms with Crippen molar-refractivity contribution >= 4 is 17.7 Å². The molecular formula is C20H27N5O3. The maximum Gasteiger partial charge on any atom is 0.320 e. The molecule has 1 aliphatic heterocycles. The SMILES string of the molecule is COc1ccc(CNC(=O)Nc2cc(N3CCC(C)CC3)ncn2)cc1OC. The van der Waals surface area contributed by atoms with Crippen LogP contribution in [0, 0.1) is 5.92 Å². The van der Waals surface area contributed by atoms with Crippen LogP contribution in [-0.4, -0.2) is 43.3 Å². The molecule has 1 aromatic heterocycles. The predicted molar refractivity (Wildman–Crippen MR) is 108 cm³/mol. The summed E-state index contributed by atoms with van der Waals surface area (Å²) in [6.07, 6.45) is 3.79. The van der Waals surface area contributed by atoms with E-state index in [-0.39, 0.29) is 6.03 Å². The third-order valence-electron chi connectivity index (χ3n) is 4.90. The molecule has 8 heteroatoms. The van der Waals surface area contributed by atoms with Crippen LogP contribution in [0.5, 0.6) is 11.5 Å². The Balaban J connectivity index is 1.56. The fourth-order valence-electron chi connectivity index (χ4n) is 3.16. The Hall–Kier alpha value is -3.03. The molecule has 0 atom stereocenters. The number of rotatable bonds is 6. The van der Waals surface area contributed by atoms with Crippen LogP contribution in [0.4, 0.5) is 16.4 Å². The van der Waals surface area contributed by atoms with Gasteiger partial charge in [0.15, 0.2) is 11.5 Å². The molecule has 0 radical (unpaired) electrons. The summed E-state index contributed by atoms with van der Waals surface area (Å²) in [7, 11) is 3.17. The molecule has 1 saturated heterocycles. The van der Waals surface area contributed by atoms with Gasteiger partial charge in [0.2, 0.25) is 0 Å². The maximum atomic E-state index is 12.2. The number of nitrogens with one attached hydrogen (secondary N) is 2. The lowest BCUT2D eigenvalue weighted by Crippen LogP contribution is -2.33. The molecule has 2 aromatic rings. The zero-order chi connectivity index (χ0) is 19.9. The average molecular weight is 385 g/mol. The number of ether oxygens (including phenoxy) is 2. The first-order chi connectivity index (χ1) is 13.6. The Labute approximate surface area is 165 Å². The lowest BCUT2D eigenvalue weighted by Gasteiger charge is -2.31. The minimum atomic E-state index is -0.327. The summed E-state index contributed by atoms with van der Waals surface area (Å²) in [6, 6.07) is 7.00. The summed E-state index contributed by atoms with van der Waals surface area (Å²) < 4.78 is 10.5. The molecule has 3 rings (SSSR count). The van der Waals surface area contributed by atoms with Crippen LogP contribution >= 0.6 is 0 Å². The van der Waals surface area contributed by atoms with Crippen molar-refractivity contribution in [3.8, 4) is 11.5 Å². The van der Waals surface area contributed by atoms with Crippen molar-refractivity contribution in [3.63, 3.8) is 0 Å². The molecule has 0 spiro atoms. The second-order valence-electron chi connectivity index (χ2n) is 6.93. The van der Waals surface area contributed by atoms with Crippen molar-refractivity contribution < 1.29 is 14.3 Å². The summed E-state index contributed by atoms with van der Waals surface area (Å²) in [5.74, 6) is 3.35. The van der Waals surface area contributed by atoms with Crippen LogP contribution in [0.1, 0.15) is 25.3 Å². The zero-order valence-corrected chi connectivity index (χ0v) is 16.6. The van der Waals surface area contributed by atoms with Gasteiger partial charge in [-0.25, -0.2) is 14.8 Å². The molecule has 0 aliphatic carbocycles. The molecule has 1 fully saturated rings. The van der Waals surface area contributed by atoms with E-state index in [1.807, 2.05) is 24.3 Å². The fourth-order valence-corrected chi connectivity index (χ4v) is 3.16. The highest BCUT2D eigenvalue weighted by molar-refractivity contribution is 5.88. The van der Waals surface area contributed by atoms with Crippen LogP contribution in [0.15, 0.2) is 30.6 Å². The van der Waals surface area contributed by atoms with E-state index in [1.165, 1.54) is 6.33 Å². The minimum absolute atomic E-state index is 0.327. The number of carbonyl (C=O) groups excluding carboxylic acids is 1. The summed E-state index contributed by atoms with van der Waals surface area (Å²) >= 11 is 0. The number of benzene rings is 1. The van der Waals surface area contributed by atoms with Crippen LogP contribution in [-0.2, 0) is 6.54 Å². The standard InChI is InChI=1S/C20H27N5O3/c1-14-6-8-25(9-7-14)19-11-18(22-13-23-19)24-20(26)21-12-15-4-5-16(27-2)17(10-15)28-3/h4-5,10-11,13-14H,6-9,12H2,1-3H3,(H2,21,22,23,24,26). The van der Waals surface area contributed by atoms with E-state index < -0.39 is 0 Å². The Bertz CT molecular complexity index is 806. The van der Waals surface area contributed by atoms with E-state index in [0.29, 0.717) is 23.9 Å². The molecule has 8 nitrogen and oxygen atoms in total. The summed E-state index contributed by atoms with van der Waals surface area (Å²) in [4.78, 5) is 23.0. The molecule has 28 heavy (non-hydrogen) atoms. The molecule has 0 unspecified atom stereocenters. The monoisotopic (exact) mass is 385 g/mol. The molecular weight excluding hydrogens is 358 g/mol. The molecule has 0 saturated carbocycles. The molecule has 1 aromatic carbocycles. The first kappa shape index (κ1) is 19.7. The normalized spacial score (nSPS) is 14.5. The van der Waals surface area contributed by atoms with Gasteiger partial charge < -0.3 is 19.7 Å². The quantitative estimate of drug-likeness (QED) is 0.795. The number of hydrogen-bond acceptors (Lipinski definition) is 6. The Morgan fingerprint density at radius 2 is 1.89 bits per heavy atom. The van der Waals surface area contributed by atoms with Crippen LogP contribution in [0.2, 0.25) is 0 Å². The fraction of sp³-hybridized carbons (Fsp3) is 0.450. The molecule has 150 valence electrons. The summed E-state index contributed by atoms with van der Waals surface area (Å²) in [6.45, 7) is 4.58. The van der Waals surface area contributed by atoms with Gasteiger partial charge in [-0.3, -0.25) is 5.32 Å². The largest absolute Gasteiger partial charge is 0.493 e. The van der Waals surface area contributed by atoms with Gasteiger partial charge in [0, 0.05) is 25.7 Å². The second-order valence-corrected chi connectivity index (χ2v) is 6.93. The number of piperidine rings is 1. The Morgan fingerprint density at radius 3 is 2.61 bits per heavy atom. The van der Waals surface area contributed by atoms with Gasteiger partial charge in [0.05, 0.1) is 14.2 Å². The number of urea groups is 1. The van der Waals surface area contributed by atoms with E-state index >= 15 is 0 Å². The predicted octanol–water partition coefficient (Wildman–Crippen LogP) is 3.05. The molecule has 1 aliphatic rings. The van der Waals surface area contributed by atoms with Gasteiger partial charge in [-0.1, -0.05) is 13.0 Å². The zero-order valence-electron chi connectivity index (χ0n) is 16.6. The lowest BCUT2D eigenvalue weighted by molar-refractivity contribution is 0.251. The molecule has 2 heterocycles. The highest BCUT2D eigenvalue weighted by Gasteiger charge is 2.17. The first-order valence-corrected chi connectivity index (χ1v) is 9.41. The van der Waals surface area contributed by atoms with E-state index in [1.54, 1.807) is 14.2 Å². The van der Waals surface area contributed by atoms with E-state index in [0.717, 1.165) is 43.2 Å². The van der Waals surface area contributed by atoms with E-state index in [2.05, 4.69) is 32.4 Å². The van der Waals surface area contributed by atoms with Crippen molar-refractivity contribution in [3.05, 3.63) is 36.2 Å². The topological polar surface area (TPSA) is 88.6 Å². The van der Waals surface area contributed by atoms with Crippen LogP contribution in [0.3, 0.4) is 0 Å². The number of amides is 2. The van der Waals surface area contributed by atoms with Crippen molar-refractivity contribution in [1.29, 1.82) is 0 Å². The number of carbonyl (C=O) groups is 1. The van der Waals surface area contributed by atoms with Gasteiger partial charge in [-0.15, -0.1) is 0 Å². The average Bonchev–Trinajstić information content (AvgIpc) is 2.72. The number of nitrogens with zero attached hydrogens (tertiary/aromatic N) is 3. The highest BCUT2D eigenvalue weighted by atomic mass is 16.5. The lowest BCUT2D eigenvalue weighted by atomic mass is 9.99. The summed E-state index contributed by atoms with van der Waals surface area (Å²) in [5, 5.41) is 5.59. The minimum Gasteiger partial charge on any atom is -0.493 e. The molecule has 2 N–H and O–H groups in total. The first-order valence-electron chi connectivity index (χ1n) is 9.41. The van der Waals surface area contributed by atoms with Gasteiger partial charge >= 0.3 is 6.03 Å². The second kappa shape index (κ2) is 9.25. The highest BCUT2D eigenvalue weighted by Crippen LogP contribution is 2.27. The van der Waals surface area contributed by atoms with E-state index in [4.69, 9.17) is 9.47 Å². The number of methoxy groups -OCH3 is 2.